The van der Waals surface area contributed by atoms with Crippen LogP contribution in [0, 0.1) is 6.92 Å². The molecule has 0 aliphatic heterocycles. The van der Waals surface area contributed by atoms with E-state index in [0.717, 1.165) is 21.9 Å². The lowest BCUT2D eigenvalue weighted by molar-refractivity contribution is 0.0958. The number of hydrazone groups is 1. The number of hydrogen-bond donors (Lipinski definition) is 1. The van der Waals surface area contributed by atoms with Crippen LogP contribution in [0.25, 0.3) is 0 Å². The van der Waals surface area contributed by atoms with E-state index in [1.165, 1.54) is 16.9 Å². The Labute approximate surface area is 191 Å². The van der Waals surface area contributed by atoms with Crippen molar-refractivity contribution in [2.45, 2.75) is 20.0 Å². The average Bonchev–Trinajstić information content (AvgIpc) is 3.19. The molecule has 0 unspecified atom stereocenters. The minimum atomic E-state index is -0.252. The van der Waals surface area contributed by atoms with Crippen LogP contribution in [0.2, 0.25) is 0 Å². The molecule has 1 heterocycles. The zero-order valence-electron chi connectivity index (χ0n) is 17.7. The van der Waals surface area contributed by atoms with Gasteiger partial charge in [-0.3, -0.25) is 4.79 Å². The summed E-state index contributed by atoms with van der Waals surface area (Å²) >= 11 is 1.40. The molecule has 0 atom stereocenters. The van der Waals surface area contributed by atoms with Crippen LogP contribution in [0.1, 0.15) is 37.1 Å². The molecule has 0 bridgehead atoms. The lowest BCUT2D eigenvalue weighted by atomic mass is 10.2. The Balaban J connectivity index is 1.30. The molecule has 0 aliphatic carbocycles. The third kappa shape index (κ3) is 5.89. The van der Waals surface area contributed by atoms with Gasteiger partial charge in [-0.05, 0) is 47.9 Å². The van der Waals surface area contributed by atoms with Crippen molar-refractivity contribution in [2.75, 3.05) is 0 Å². The van der Waals surface area contributed by atoms with Crippen LogP contribution < -0.4 is 10.2 Å². The summed E-state index contributed by atoms with van der Waals surface area (Å²) in [5.74, 6) is 0.527. The number of aryl methyl sites for hydroxylation is 1. The highest BCUT2D eigenvalue weighted by Crippen LogP contribution is 2.21. The first-order valence-electron chi connectivity index (χ1n) is 10.3. The molecule has 32 heavy (non-hydrogen) atoms. The van der Waals surface area contributed by atoms with Gasteiger partial charge in [-0.25, -0.2) is 10.4 Å². The van der Waals surface area contributed by atoms with Crippen LogP contribution in [-0.4, -0.2) is 17.1 Å². The number of thiazole rings is 1. The lowest BCUT2D eigenvalue weighted by Crippen LogP contribution is -2.17. The van der Waals surface area contributed by atoms with Gasteiger partial charge in [0.15, 0.2) is 0 Å². The Morgan fingerprint density at radius 2 is 1.62 bits per heavy atom. The molecule has 5 nitrogen and oxygen atoms in total. The Morgan fingerprint density at radius 3 is 2.31 bits per heavy atom. The van der Waals surface area contributed by atoms with E-state index in [1.54, 1.807) is 6.21 Å². The number of carbonyl (C=O) groups is 1. The molecule has 0 fully saturated rings. The second kappa shape index (κ2) is 10.5. The Kier molecular flexibility index (Phi) is 7.05. The Hall–Kier alpha value is -3.77. The summed E-state index contributed by atoms with van der Waals surface area (Å²) in [6.07, 6.45) is 2.32. The van der Waals surface area contributed by atoms with E-state index in [0.29, 0.717) is 23.6 Å². The van der Waals surface area contributed by atoms with Gasteiger partial charge >= 0.3 is 0 Å². The van der Waals surface area contributed by atoms with Crippen molar-refractivity contribution < 1.29 is 9.53 Å². The van der Waals surface area contributed by atoms with Crippen molar-refractivity contribution in [1.29, 1.82) is 0 Å². The van der Waals surface area contributed by atoms with Crippen LogP contribution in [-0.2, 0) is 13.0 Å². The van der Waals surface area contributed by atoms with Gasteiger partial charge in [0.25, 0.3) is 5.91 Å². The SMILES string of the molecule is Cc1nc(Cc2ccccc2)sc1C(=O)N/N=C\c1ccc(OCc2ccccc2)cc1. The highest BCUT2D eigenvalue weighted by atomic mass is 32.1. The Bertz CT molecular complexity index is 1190. The molecule has 4 aromatic rings. The van der Waals surface area contributed by atoms with Crippen LogP contribution >= 0.6 is 11.3 Å². The largest absolute Gasteiger partial charge is 0.489 e. The number of ether oxygens (including phenoxy) is 1. The van der Waals surface area contributed by atoms with Crippen molar-refractivity contribution in [1.82, 2.24) is 10.4 Å². The first kappa shape index (κ1) is 21.5. The normalized spacial score (nSPS) is 10.9. The monoisotopic (exact) mass is 441 g/mol. The molecule has 4 rings (SSSR count). The number of aromatic nitrogens is 1. The zero-order valence-corrected chi connectivity index (χ0v) is 18.5. The quantitative estimate of drug-likeness (QED) is 0.295. The highest BCUT2D eigenvalue weighted by Gasteiger charge is 2.15. The van der Waals surface area contributed by atoms with E-state index in [4.69, 9.17) is 4.74 Å². The maximum Gasteiger partial charge on any atom is 0.283 e. The van der Waals surface area contributed by atoms with Crippen LogP contribution in [0.3, 0.4) is 0 Å². The highest BCUT2D eigenvalue weighted by molar-refractivity contribution is 7.13. The van der Waals surface area contributed by atoms with E-state index >= 15 is 0 Å². The summed E-state index contributed by atoms with van der Waals surface area (Å²) in [5, 5.41) is 5.00. The van der Waals surface area contributed by atoms with Gasteiger partial charge < -0.3 is 4.74 Å². The van der Waals surface area contributed by atoms with Gasteiger partial charge in [0, 0.05) is 6.42 Å². The standard InChI is InChI=1S/C26H23N3O2S/c1-19-25(32-24(28-19)16-20-8-4-2-5-9-20)26(30)29-27-17-21-12-14-23(15-13-21)31-18-22-10-6-3-7-11-22/h2-15,17H,16,18H2,1H3,(H,29,30)/b27-17-. The smallest absolute Gasteiger partial charge is 0.283 e. The van der Waals surface area contributed by atoms with E-state index in [9.17, 15) is 4.79 Å². The van der Waals surface area contributed by atoms with Crippen LogP contribution in [0.5, 0.6) is 5.75 Å². The van der Waals surface area contributed by atoms with Gasteiger partial charge in [-0.15, -0.1) is 11.3 Å². The van der Waals surface area contributed by atoms with Gasteiger partial charge in [-0.2, -0.15) is 5.10 Å². The molecule has 1 N–H and O–H groups in total. The van der Waals surface area contributed by atoms with Crippen molar-refractivity contribution >= 4 is 23.5 Å². The maximum atomic E-state index is 12.5. The first-order valence-corrected chi connectivity index (χ1v) is 11.1. The molecule has 3 aromatic carbocycles. The van der Waals surface area contributed by atoms with Crippen LogP contribution in [0.4, 0.5) is 0 Å². The summed E-state index contributed by atoms with van der Waals surface area (Å²) in [7, 11) is 0. The topological polar surface area (TPSA) is 63.6 Å². The van der Waals surface area contributed by atoms with Gasteiger partial charge in [0.05, 0.1) is 16.9 Å². The number of amides is 1. The van der Waals surface area contributed by atoms with Crippen molar-refractivity contribution in [3.05, 3.63) is 117 Å². The summed E-state index contributed by atoms with van der Waals surface area (Å²) < 4.78 is 5.79. The van der Waals surface area contributed by atoms with Crippen molar-refractivity contribution in [3.8, 4) is 5.75 Å². The maximum absolute atomic E-state index is 12.5. The second-order valence-corrected chi connectivity index (χ2v) is 8.31. The minimum Gasteiger partial charge on any atom is -0.489 e. The minimum absolute atomic E-state index is 0.252. The lowest BCUT2D eigenvalue weighted by Gasteiger charge is -2.06. The predicted octanol–water partition coefficient (Wildman–Crippen LogP) is 5.39. The molecule has 160 valence electrons. The number of hydrogen-bond acceptors (Lipinski definition) is 5. The molecule has 0 saturated heterocycles. The number of nitrogens with zero attached hydrogens (tertiary/aromatic N) is 2. The molecular formula is C26H23N3O2S. The van der Waals surface area contributed by atoms with Gasteiger partial charge in [0.2, 0.25) is 0 Å². The van der Waals surface area contributed by atoms with Crippen molar-refractivity contribution in [2.24, 2.45) is 5.10 Å². The fourth-order valence-electron chi connectivity index (χ4n) is 3.12. The molecular weight excluding hydrogens is 418 g/mol. The second-order valence-electron chi connectivity index (χ2n) is 7.23. The average molecular weight is 442 g/mol. The van der Waals surface area contributed by atoms with Gasteiger partial charge in [0.1, 0.15) is 17.2 Å². The van der Waals surface area contributed by atoms with Crippen molar-refractivity contribution in [3.63, 3.8) is 0 Å². The summed E-state index contributed by atoms with van der Waals surface area (Å²) in [4.78, 5) is 17.6. The first-order chi connectivity index (χ1) is 15.7. The fourth-order valence-corrected chi connectivity index (χ4v) is 4.11. The number of nitrogens with one attached hydrogen (secondary N) is 1. The predicted molar refractivity (Wildman–Crippen MR) is 128 cm³/mol. The third-order valence-electron chi connectivity index (χ3n) is 4.75. The molecule has 0 radical (unpaired) electrons. The van der Waals surface area contributed by atoms with Crippen LogP contribution in [0.15, 0.2) is 90.0 Å². The summed E-state index contributed by atoms with van der Waals surface area (Å²) in [6, 6.07) is 27.7. The molecule has 0 saturated carbocycles. The fraction of sp³-hybridized carbons (Fsp3) is 0.115. The van der Waals surface area contributed by atoms with Gasteiger partial charge in [-0.1, -0.05) is 60.7 Å². The third-order valence-corrected chi connectivity index (χ3v) is 5.91. The zero-order chi connectivity index (χ0) is 22.2. The summed E-state index contributed by atoms with van der Waals surface area (Å²) in [5.41, 5.74) is 6.46. The molecule has 0 aliphatic rings. The van der Waals surface area contributed by atoms with E-state index in [2.05, 4.69) is 27.6 Å². The van der Waals surface area contributed by atoms with E-state index in [-0.39, 0.29) is 5.91 Å². The van der Waals surface area contributed by atoms with E-state index in [1.807, 2.05) is 79.7 Å². The summed E-state index contributed by atoms with van der Waals surface area (Å²) in [6.45, 7) is 2.36. The number of carbonyl (C=O) groups excluding carboxylic acids is 1. The van der Waals surface area contributed by atoms with E-state index < -0.39 is 0 Å². The molecule has 1 aromatic heterocycles. The molecule has 0 spiro atoms. The Morgan fingerprint density at radius 1 is 0.969 bits per heavy atom. The number of rotatable bonds is 8. The molecule has 1 amide bonds. The number of benzene rings is 3. The molecule has 6 heteroatoms.